The van der Waals surface area contributed by atoms with Crippen molar-refractivity contribution in [3.05, 3.63) is 29.8 Å². The van der Waals surface area contributed by atoms with E-state index in [2.05, 4.69) is 26.4 Å². The topological polar surface area (TPSA) is 66.0 Å². The summed E-state index contributed by atoms with van der Waals surface area (Å²) in [6.45, 7) is 3.42. The molecule has 1 aromatic rings. The van der Waals surface area contributed by atoms with E-state index < -0.39 is 0 Å². The first kappa shape index (κ1) is 18.1. The molecule has 2 fully saturated rings. The third-order valence-electron chi connectivity index (χ3n) is 5.09. The number of likely N-dealkylation sites (tertiary alicyclic amines) is 1. The molecule has 2 aliphatic rings. The number of ether oxygens (including phenoxy) is 1. The molecule has 1 spiro atoms. The van der Waals surface area contributed by atoms with Crippen LogP contribution in [-0.4, -0.2) is 50.1 Å². The van der Waals surface area contributed by atoms with Crippen molar-refractivity contribution in [1.29, 1.82) is 0 Å². The van der Waals surface area contributed by atoms with Crippen molar-refractivity contribution >= 4 is 11.9 Å². The third-order valence-corrected chi connectivity index (χ3v) is 5.09. The van der Waals surface area contributed by atoms with E-state index >= 15 is 0 Å². The highest BCUT2D eigenvalue weighted by Crippen LogP contribution is 2.36. The second-order valence-corrected chi connectivity index (χ2v) is 6.98. The van der Waals surface area contributed by atoms with Gasteiger partial charge in [-0.1, -0.05) is 24.1 Å². The number of guanidine groups is 1. The molecule has 138 valence electrons. The molecule has 2 aliphatic heterocycles. The molecule has 0 aliphatic carbocycles. The van der Waals surface area contributed by atoms with Gasteiger partial charge in [0.05, 0.1) is 0 Å². The van der Waals surface area contributed by atoms with Gasteiger partial charge in [0.1, 0.15) is 12.4 Å². The van der Waals surface area contributed by atoms with Crippen molar-refractivity contribution in [1.82, 2.24) is 15.5 Å². The molecule has 0 saturated carbocycles. The Morgan fingerprint density at radius 2 is 2.35 bits per heavy atom. The zero-order valence-electron chi connectivity index (χ0n) is 15.3. The molecular weight excluding hydrogens is 328 g/mol. The molecule has 26 heavy (non-hydrogen) atoms. The van der Waals surface area contributed by atoms with E-state index in [4.69, 9.17) is 11.2 Å². The highest BCUT2D eigenvalue weighted by molar-refractivity contribution is 5.81. The lowest BCUT2D eigenvalue weighted by atomic mass is 9.79. The van der Waals surface area contributed by atoms with Gasteiger partial charge in [-0.05, 0) is 18.9 Å². The predicted molar refractivity (Wildman–Crippen MR) is 102 cm³/mol. The Kier molecular flexibility index (Phi) is 5.67. The smallest absolute Gasteiger partial charge is 0.220 e. The summed E-state index contributed by atoms with van der Waals surface area (Å²) in [5.74, 6) is 4.30. The minimum absolute atomic E-state index is 0.0424. The van der Waals surface area contributed by atoms with E-state index in [0.29, 0.717) is 13.0 Å². The molecular formula is C20H26N4O2. The first-order chi connectivity index (χ1) is 12.7. The number of nitrogens with zero attached hydrogens (tertiary/aromatic N) is 2. The largest absolute Gasteiger partial charge is 0.481 e. The average Bonchev–Trinajstić information content (AvgIpc) is 3.01. The van der Waals surface area contributed by atoms with E-state index in [9.17, 15) is 4.79 Å². The molecule has 6 heteroatoms. The van der Waals surface area contributed by atoms with Crippen molar-refractivity contribution in [3.63, 3.8) is 0 Å². The number of rotatable bonds is 4. The minimum atomic E-state index is 0.0424. The van der Waals surface area contributed by atoms with Crippen LogP contribution in [0.25, 0.3) is 0 Å². The molecule has 1 amide bonds. The van der Waals surface area contributed by atoms with Gasteiger partial charge < -0.3 is 20.3 Å². The number of carbonyl (C=O) groups excluding carboxylic acids is 1. The number of amides is 1. The quantitative estimate of drug-likeness (QED) is 0.487. The van der Waals surface area contributed by atoms with Crippen molar-refractivity contribution in [3.8, 4) is 18.1 Å². The van der Waals surface area contributed by atoms with Gasteiger partial charge in [-0.3, -0.25) is 9.79 Å². The molecule has 0 aromatic heterocycles. The highest BCUT2D eigenvalue weighted by Gasteiger charge is 2.42. The van der Waals surface area contributed by atoms with Crippen LogP contribution < -0.4 is 15.4 Å². The molecule has 1 atom stereocenters. The van der Waals surface area contributed by atoms with E-state index in [1.54, 1.807) is 7.05 Å². The van der Waals surface area contributed by atoms with Crippen LogP contribution in [0, 0.1) is 17.8 Å². The summed E-state index contributed by atoms with van der Waals surface area (Å²) in [5, 5.41) is 6.41. The van der Waals surface area contributed by atoms with Crippen LogP contribution in [0.5, 0.6) is 5.75 Å². The maximum absolute atomic E-state index is 11.7. The fourth-order valence-corrected chi connectivity index (χ4v) is 3.85. The molecule has 3 rings (SSSR count). The Morgan fingerprint density at radius 3 is 3.08 bits per heavy atom. The van der Waals surface area contributed by atoms with Crippen molar-refractivity contribution in [2.45, 2.75) is 25.8 Å². The summed E-state index contributed by atoms with van der Waals surface area (Å²) in [6.07, 6.45) is 8.06. The Balaban J connectivity index is 1.64. The molecule has 0 bridgehead atoms. The van der Waals surface area contributed by atoms with Gasteiger partial charge >= 0.3 is 0 Å². The monoisotopic (exact) mass is 354 g/mol. The summed E-state index contributed by atoms with van der Waals surface area (Å²) in [7, 11) is 1.79. The second kappa shape index (κ2) is 8.13. The SMILES string of the molecule is C#CCOc1ccccc1CNC(=NC)N1CCCC2(CNC(=O)C2)C1. The van der Waals surface area contributed by atoms with Gasteiger partial charge in [0.2, 0.25) is 5.91 Å². The molecule has 2 N–H and O–H groups in total. The zero-order chi connectivity index (χ0) is 18.4. The maximum atomic E-state index is 11.7. The molecule has 1 unspecified atom stereocenters. The number of terminal acetylenes is 1. The van der Waals surface area contributed by atoms with Crippen LogP contribution in [0.15, 0.2) is 29.3 Å². The Labute approximate surface area is 155 Å². The molecule has 6 nitrogen and oxygen atoms in total. The molecule has 1 aromatic carbocycles. The van der Waals surface area contributed by atoms with Crippen molar-refractivity contribution < 1.29 is 9.53 Å². The molecule has 2 saturated heterocycles. The van der Waals surface area contributed by atoms with Crippen LogP contribution in [0.4, 0.5) is 0 Å². The first-order valence-corrected chi connectivity index (χ1v) is 9.02. The minimum Gasteiger partial charge on any atom is -0.481 e. The lowest BCUT2D eigenvalue weighted by Crippen LogP contribution is -2.51. The van der Waals surface area contributed by atoms with Gasteiger partial charge in [0.15, 0.2) is 5.96 Å². The van der Waals surface area contributed by atoms with Gasteiger partial charge in [0, 0.05) is 50.6 Å². The lowest BCUT2D eigenvalue weighted by molar-refractivity contribution is -0.119. The summed E-state index contributed by atoms with van der Waals surface area (Å²) in [6, 6.07) is 7.85. The second-order valence-electron chi connectivity index (χ2n) is 6.98. The highest BCUT2D eigenvalue weighted by atomic mass is 16.5. The van der Waals surface area contributed by atoms with Crippen molar-refractivity contribution in [2.24, 2.45) is 10.4 Å². The Hall–Kier alpha value is -2.68. The van der Waals surface area contributed by atoms with Gasteiger partial charge in [-0.25, -0.2) is 0 Å². The van der Waals surface area contributed by atoms with Gasteiger partial charge in [0.25, 0.3) is 0 Å². The van der Waals surface area contributed by atoms with E-state index in [1.807, 2.05) is 24.3 Å². The number of nitrogens with one attached hydrogen (secondary N) is 2. The van der Waals surface area contributed by atoms with E-state index in [-0.39, 0.29) is 17.9 Å². The van der Waals surface area contributed by atoms with E-state index in [1.165, 1.54) is 0 Å². The standard InChI is InChI=1S/C20H26N4O2/c1-3-11-26-17-8-5-4-7-16(17)13-22-19(21-2)24-10-6-9-20(15-24)12-18(25)23-14-20/h1,4-5,7-8H,6,9-15H2,2H3,(H,21,22)(H,23,25). The number of piperidine rings is 1. The molecule has 0 radical (unpaired) electrons. The fourth-order valence-electron chi connectivity index (χ4n) is 3.85. The maximum Gasteiger partial charge on any atom is 0.220 e. The van der Waals surface area contributed by atoms with Gasteiger partial charge in [-0.15, -0.1) is 6.42 Å². The molecule has 2 heterocycles. The summed E-state index contributed by atoms with van der Waals surface area (Å²) in [4.78, 5) is 18.4. The number of para-hydroxylation sites is 1. The number of hydrogen-bond donors (Lipinski definition) is 2. The third kappa shape index (κ3) is 4.10. The number of benzene rings is 1. The number of aliphatic imine (C=N–C) groups is 1. The van der Waals surface area contributed by atoms with E-state index in [0.717, 1.165) is 49.7 Å². The summed E-state index contributed by atoms with van der Waals surface area (Å²) >= 11 is 0. The van der Waals surface area contributed by atoms with Crippen LogP contribution in [0.2, 0.25) is 0 Å². The van der Waals surface area contributed by atoms with Crippen molar-refractivity contribution in [2.75, 3.05) is 33.3 Å². The van der Waals surface area contributed by atoms with Crippen LogP contribution in [0.1, 0.15) is 24.8 Å². The normalized spacial score (nSPS) is 22.8. The lowest BCUT2D eigenvalue weighted by Gasteiger charge is -2.40. The predicted octanol–water partition coefficient (Wildman–Crippen LogP) is 1.38. The average molecular weight is 354 g/mol. The first-order valence-electron chi connectivity index (χ1n) is 9.02. The Morgan fingerprint density at radius 1 is 1.50 bits per heavy atom. The van der Waals surface area contributed by atoms with Crippen LogP contribution in [0.3, 0.4) is 0 Å². The van der Waals surface area contributed by atoms with Crippen LogP contribution >= 0.6 is 0 Å². The van der Waals surface area contributed by atoms with Crippen LogP contribution in [-0.2, 0) is 11.3 Å². The van der Waals surface area contributed by atoms with Gasteiger partial charge in [-0.2, -0.15) is 0 Å². The Bertz CT molecular complexity index is 725. The summed E-state index contributed by atoms with van der Waals surface area (Å²) < 4.78 is 5.61. The zero-order valence-corrected chi connectivity index (χ0v) is 15.3. The number of carbonyl (C=O) groups is 1. The number of hydrogen-bond acceptors (Lipinski definition) is 3. The summed E-state index contributed by atoms with van der Waals surface area (Å²) in [5.41, 5.74) is 1.08. The fraction of sp³-hybridized carbons (Fsp3) is 0.500.